The average molecular weight is 512 g/mol. The minimum atomic E-state index is 0. The van der Waals surface area contributed by atoms with Crippen molar-refractivity contribution in [1.82, 2.24) is 20.0 Å². The summed E-state index contributed by atoms with van der Waals surface area (Å²) < 4.78 is 2.08. The number of nitrogens with one attached hydrogen (secondary N) is 1. The largest absolute Gasteiger partial charge is 0.506 e. The van der Waals surface area contributed by atoms with Gasteiger partial charge in [0.25, 0.3) is 0 Å². The average Bonchev–Trinajstić information content (AvgIpc) is 3.00. The number of nitrogens with zero attached hydrogens (tertiary/aromatic N) is 5. The summed E-state index contributed by atoms with van der Waals surface area (Å²) in [7, 11) is 1.84. The third-order valence-corrected chi connectivity index (χ3v) is 5.21. The second-order valence-corrected chi connectivity index (χ2v) is 7.61. The number of aromatic nitrogens is 2. The van der Waals surface area contributed by atoms with Gasteiger partial charge in [-0.2, -0.15) is 5.10 Å². The molecule has 0 bridgehead atoms. The fourth-order valence-corrected chi connectivity index (χ4v) is 3.71. The van der Waals surface area contributed by atoms with Crippen LogP contribution >= 0.6 is 24.0 Å². The van der Waals surface area contributed by atoms with Gasteiger partial charge in [0.1, 0.15) is 5.75 Å². The Morgan fingerprint density at radius 3 is 2.48 bits per heavy atom. The molecule has 0 aliphatic carbocycles. The number of anilines is 1. The number of hydrogen-bond donors (Lipinski definition) is 2. The van der Waals surface area contributed by atoms with Crippen LogP contribution in [-0.2, 0) is 6.54 Å². The second-order valence-electron chi connectivity index (χ2n) is 7.61. The number of piperazine rings is 1. The Balaban J connectivity index is 0.00000300. The molecule has 2 N–H and O–H groups in total. The highest BCUT2D eigenvalue weighted by Crippen LogP contribution is 2.27. The summed E-state index contributed by atoms with van der Waals surface area (Å²) in [6, 6.07) is 9.65. The molecule has 1 aromatic carbocycles. The van der Waals surface area contributed by atoms with Gasteiger partial charge in [-0.3, -0.25) is 9.67 Å². The molecule has 3 rings (SSSR count). The Kier molecular flexibility index (Phi) is 8.60. The maximum atomic E-state index is 10.1. The molecule has 1 aromatic heterocycles. The smallest absolute Gasteiger partial charge is 0.193 e. The Labute approximate surface area is 190 Å². The molecular formula is C21H33IN6O. The Morgan fingerprint density at radius 2 is 1.90 bits per heavy atom. The van der Waals surface area contributed by atoms with Crippen molar-refractivity contribution in [2.45, 2.75) is 27.3 Å². The summed E-state index contributed by atoms with van der Waals surface area (Å²) in [6.07, 6.45) is 0. The highest BCUT2D eigenvalue weighted by molar-refractivity contribution is 14.0. The number of para-hydroxylation sites is 2. The van der Waals surface area contributed by atoms with E-state index in [9.17, 15) is 5.11 Å². The number of aliphatic imine (C=N–C) groups is 1. The SMILES string of the molecule is CN=C(NCC(C)Cn1nc(C)cc1C)N1CCN(c2ccccc2O)CC1.I. The molecule has 7 nitrogen and oxygen atoms in total. The lowest BCUT2D eigenvalue weighted by molar-refractivity contribution is 0.361. The van der Waals surface area contributed by atoms with Gasteiger partial charge in [-0.25, -0.2) is 0 Å². The van der Waals surface area contributed by atoms with Gasteiger partial charge in [0, 0.05) is 52.0 Å². The molecule has 0 amide bonds. The van der Waals surface area contributed by atoms with Crippen molar-refractivity contribution < 1.29 is 5.11 Å². The fraction of sp³-hybridized carbons (Fsp3) is 0.524. The maximum Gasteiger partial charge on any atom is 0.193 e. The van der Waals surface area contributed by atoms with E-state index < -0.39 is 0 Å². The van der Waals surface area contributed by atoms with Gasteiger partial charge in [-0.15, -0.1) is 24.0 Å². The van der Waals surface area contributed by atoms with E-state index in [1.807, 2.05) is 32.2 Å². The predicted molar refractivity (Wildman–Crippen MR) is 130 cm³/mol. The fourth-order valence-electron chi connectivity index (χ4n) is 3.71. The molecule has 1 aliphatic rings. The number of guanidine groups is 1. The van der Waals surface area contributed by atoms with Crippen molar-refractivity contribution in [1.29, 1.82) is 0 Å². The first-order valence-corrected chi connectivity index (χ1v) is 9.97. The number of hydrogen-bond acceptors (Lipinski definition) is 4. The van der Waals surface area contributed by atoms with Crippen LogP contribution < -0.4 is 10.2 Å². The van der Waals surface area contributed by atoms with Crippen molar-refractivity contribution in [3.05, 3.63) is 41.7 Å². The Morgan fingerprint density at radius 1 is 1.21 bits per heavy atom. The third-order valence-electron chi connectivity index (χ3n) is 5.21. The van der Waals surface area contributed by atoms with E-state index in [-0.39, 0.29) is 24.0 Å². The molecule has 1 atom stereocenters. The summed E-state index contributed by atoms with van der Waals surface area (Å²) in [5.74, 6) is 1.73. The first-order valence-electron chi connectivity index (χ1n) is 9.97. The predicted octanol–water partition coefficient (Wildman–Crippen LogP) is 2.86. The Bertz CT molecular complexity index is 813. The number of rotatable bonds is 5. The van der Waals surface area contributed by atoms with Crippen molar-refractivity contribution in [2.24, 2.45) is 10.9 Å². The summed E-state index contributed by atoms with van der Waals surface area (Å²) >= 11 is 0. The summed E-state index contributed by atoms with van der Waals surface area (Å²) in [4.78, 5) is 8.98. The van der Waals surface area contributed by atoms with Crippen LogP contribution in [0.15, 0.2) is 35.3 Å². The quantitative estimate of drug-likeness (QED) is 0.367. The van der Waals surface area contributed by atoms with E-state index in [0.717, 1.165) is 56.6 Å². The topological polar surface area (TPSA) is 68.9 Å². The lowest BCUT2D eigenvalue weighted by Gasteiger charge is -2.38. The molecule has 0 spiro atoms. The zero-order chi connectivity index (χ0) is 20.1. The first kappa shape index (κ1) is 23.3. The van der Waals surface area contributed by atoms with Crippen molar-refractivity contribution in [3.8, 4) is 5.75 Å². The molecule has 1 fully saturated rings. The van der Waals surface area contributed by atoms with Crippen molar-refractivity contribution in [3.63, 3.8) is 0 Å². The van der Waals surface area contributed by atoms with Crippen LogP contribution in [0.25, 0.3) is 0 Å². The van der Waals surface area contributed by atoms with Gasteiger partial charge in [-0.05, 0) is 38.0 Å². The summed E-state index contributed by atoms with van der Waals surface area (Å²) in [6.45, 7) is 11.6. The molecule has 0 radical (unpaired) electrons. The monoisotopic (exact) mass is 512 g/mol. The van der Waals surface area contributed by atoms with E-state index in [1.165, 1.54) is 5.69 Å². The number of aryl methyl sites for hydroxylation is 2. The molecule has 8 heteroatoms. The second kappa shape index (κ2) is 10.7. The van der Waals surface area contributed by atoms with Gasteiger partial charge in [0.15, 0.2) is 5.96 Å². The highest BCUT2D eigenvalue weighted by atomic mass is 127. The molecule has 0 saturated carbocycles. The lowest BCUT2D eigenvalue weighted by Crippen LogP contribution is -2.53. The van der Waals surface area contributed by atoms with Gasteiger partial charge < -0.3 is 20.2 Å². The third kappa shape index (κ3) is 6.01. The van der Waals surface area contributed by atoms with Crippen LogP contribution in [0.4, 0.5) is 5.69 Å². The zero-order valence-corrected chi connectivity index (χ0v) is 20.1. The van der Waals surface area contributed by atoms with Crippen LogP contribution in [-0.4, -0.2) is 65.5 Å². The number of aromatic hydroxyl groups is 1. The van der Waals surface area contributed by atoms with Gasteiger partial charge in [0.2, 0.25) is 0 Å². The molecule has 2 aromatic rings. The van der Waals surface area contributed by atoms with Crippen molar-refractivity contribution >= 4 is 35.6 Å². The highest BCUT2D eigenvalue weighted by Gasteiger charge is 2.21. The van der Waals surface area contributed by atoms with E-state index in [2.05, 4.69) is 49.8 Å². The molecule has 29 heavy (non-hydrogen) atoms. The maximum absolute atomic E-state index is 10.1. The summed E-state index contributed by atoms with van der Waals surface area (Å²) in [5, 5.41) is 18.1. The van der Waals surface area contributed by atoms with Gasteiger partial charge in [0.05, 0.1) is 11.4 Å². The zero-order valence-electron chi connectivity index (χ0n) is 17.8. The number of phenolic OH excluding ortho intramolecular Hbond substituents is 1. The van der Waals surface area contributed by atoms with Crippen LogP contribution in [0, 0.1) is 19.8 Å². The normalized spacial score (nSPS) is 15.8. The minimum absolute atomic E-state index is 0. The molecule has 1 unspecified atom stereocenters. The number of halogens is 1. The van der Waals surface area contributed by atoms with Crippen LogP contribution in [0.5, 0.6) is 5.75 Å². The molecule has 2 heterocycles. The van der Waals surface area contributed by atoms with E-state index in [4.69, 9.17) is 0 Å². The van der Waals surface area contributed by atoms with Gasteiger partial charge >= 0.3 is 0 Å². The van der Waals surface area contributed by atoms with Crippen LogP contribution in [0.3, 0.4) is 0 Å². The standard InChI is InChI=1S/C21H32N6O.HI/c1-16(15-27-18(3)13-17(2)24-27)14-23-21(22-4)26-11-9-25(10-12-26)19-7-5-6-8-20(19)28;/h5-8,13,16,28H,9-12,14-15H2,1-4H3,(H,22,23);1H. The molecule has 160 valence electrons. The van der Waals surface area contributed by atoms with Crippen LogP contribution in [0.2, 0.25) is 0 Å². The van der Waals surface area contributed by atoms with E-state index >= 15 is 0 Å². The molecular weight excluding hydrogens is 479 g/mol. The lowest BCUT2D eigenvalue weighted by atomic mass is 10.2. The Hall–Kier alpha value is -1.97. The number of benzene rings is 1. The summed E-state index contributed by atoms with van der Waals surface area (Å²) in [5.41, 5.74) is 3.17. The first-order chi connectivity index (χ1) is 13.5. The van der Waals surface area contributed by atoms with Crippen molar-refractivity contribution in [2.75, 3.05) is 44.7 Å². The molecule has 1 saturated heterocycles. The number of phenols is 1. The van der Waals surface area contributed by atoms with E-state index in [0.29, 0.717) is 11.7 Å². The molecule has 1 aliphatic heterocycles. The van der Waals surface area contributed by atoms with Crippen LogP contribution in [0.1, 0.15) is 18.3 Å². The van der Waals surface area contributed by atoms with Gasteiger partial charge in [-0.1, -0.05) is 19.1 Å². The van der Waals surface area contributed by atoms with E-state index in [1.54, 1.807) is 6.07 Å². The minimum Gasteiger partial charge on any atom is -0.506 e.